The van der Waals surface area contributed by atoms with Crippen LogP contribution in [0, 0.1) is 11.3 Å². The molecule has 0 bridgehead atoms. The van der Waals surface area contributed by atoms with Gasteiger partial charge in [-0.2, -0.15) is 5.26 Å². The molecule has 0 atom stereocenters. The highest BCUT2D eigenvalue weighted by Gasteiger charge is 1.86. The van der Waals surface area contributed by atoms with Crippen LogP contribution in [0.2, 0.25) is 0 Å². The first-order chi connectivity index (χ1) is 5.33. The summed E-state index contributed by atoms with van der Waals surface area (Å²) in [6, 6.07) is 8.04. The molecule has 58 valence electrons. The average Bonchev–Trinajstić information content (AvgIpc) is 2.10. The van der Waals surface area contributed by atoms with Crippen molar-refractivity contribution in [1.29, 1.82) is 5.26 Å². The summed E-state index contributed by atoms with van der Waals surface area (Å²) in [7, 11) is 0. The number of nitriles is 1. The predicted molar refractivity (Wildman–Crippen MR) is 44.6 cm³/mol. The molecule has 0 spiro atoms. The van der Waals surface area contributed by atoms with Gasteiger partial charge in [-0.1, -0.05) is 0 Å². The van der Waals surface area contributed by atoms with Gasteiger partial charge < -0.3 is 5.11 Å². The molecule has 1 aromatic carbocycles. The van der Waals surface area contributed by atoms with E-state index >= 15 is 0 Å². The summed E-state index contributed by atoms with van der Waals surface area (Å²) in [5.41, 5.74) is 0.563. The molecule has 3 heteroatoms. The van der Waals surface area contributed by atoms with Gasteiger partial charge in [-0.15, -0.1) is 11.6 Å². The van der Waals surface area contributed by atoms with Crippen molar-refractivity contribution in [3.8, 4) is 11.8 Å². The lowest BCUT2D eigenvalue weighted by molar-refractivity contribution is 0.475. The van der Waals surface area contributed by atoms with Gasteiger partial charge in [0.1, 0.15) is 5.75 Å². The van der Waals surface area contributed by atoms with Gasteiger partial charge in [0, 0.05) is 6.38 Å². The topological polar surface area (TPSA) is 44.0 Å². The lowest BCUT2D eigenvalue weighted by Crippen LogP contribution is -1.69. The molecule has 0 saturated heterocycles. The number of phenols is 1. The van der Waals surface area contributed by atoms with Crippen LogP contribution < -0.4 is 0 Å². The second-order valence-corrected chi connectivity index (χ2v) is 1.66. The van der Waals surface area contributed by atoms with Gasteiger partial charge >= 0.3 is 0 Å². The standard InChI is InChI=1S/C7H5NO.CH3Cl/c8-5-6-1-3-7(9)4-2-6;1-2/h1-4,9H;1H3. The van der Waals surface area contributed by atoms with Gasteiger partial charge in [-0.3, -0.25) is 0 Å². The van der Waals surface area contributed by atoms with E-state index in [0.29, 0.717) is 5.56 Å². The van der Waals surface area contributed by atoms with Gasteiger partial charge in [0.05, 0.1) is 11.6 Å². The Hall–Kier alpha value is -1.20. The Labute approximate surface area is 70.7 Å². The number of halogens is 1. The Morgan fingerprint density at radius 2 is 1.73 bits per heavy atom. The molecule has 1 rings (SSSR count). The number of alkyl halides is 1. The average molecular weight is 170 g/mol. The first kappa shape index (κ1) is 9.80. The summed E-state index contributed by atoms with van der Waals surface area (Å²) in [5.74, 6) is 0.189. The normalized spacial score (nSPS) is 7.36. The maximum absolute atomic E-state index is 8.74. The number of rotatable bonds is 0. The van der Waals surface area contributed by atoms with Gasteiger partial charge in [0.15, 0.2) is 0 Å². The molecule has 0 aliphatic rings. The Kier molecular flexibility index (Phi) is 4.97. The van der Waals surface area contributed by atoms with Crippen LogP contribution in [0.5, 0.6) is 5.75 Å². The highest BCUT2D eigenvalue weighted by Crippen LogP contribution is 2.07. The quantitative estimate of drug-likeness (QED) is 0.605. The molecule has 1 aromatic rings. The molecule has 11 heavy (non-hydrogen) atoms. The smallest absolute Gasteiger partial charge is 0.115 e. The Bertz CT molecular complexity index is 237. The summed E-state index contributed by atoms with van der Waals surface area (Å²) >= 11 is 4.64. The largest absolute Gasteiger partial charge is 0.508 e. The summed E-state index contributed by atoms with van der Waals surface area (Å²) in [6.45, 7) is 0. The molecule has 0 unspecified atom stereocenters. The van der Waals surface area contributed by atoms with Crippen molar-refractivity contribution < 1.29 is 5.11 Å². The Balaban J connectivity index is 0.000000461. The van der Waals surface area contributed by atoms with Crippen molar-refractivity contribution in [2.45, 2.75) is 0 Å². The first-order valence-corrected chi connectivity index (χ1v) is 3.65. The third kappa shape index (κ3) is 3.49. The molecular weight excluding hydrogens is 162 g/mol. The maximum atomic E-state index is 8.74. The molecule has 0 aliphatic carbocycles. The summed E-state index contributed by atoms with van der Waals surface area (Å²) < 4.78 is 0. The van der Waals surface area contributed by atoms with Crippen molar-refractivity contribution in [2.24, 2.45) is 0 Å². The molecule has 0 aliphatic heterocycles. The fourth-order valence-electron chi connectivity index (χ4n) is 0.536. The lowest BCUT2D eigenvalue weighted by Gasteiger charge is -1.87. The van der Waals surface area contributed by atoms with E-state index < -0.39 is 0 Å². The number of hydrogen-bond acceptors (Lipinski definition) is 2. The van der Waals surface area contributed by atoms with Crippen LogP contribution in [-0.2, 0) is 0 Å². The fourth-order valence-corrected chi connectivity index (χ4v) is 0.536. The van der Waals surface area contributed by atoms with Crippen molar-refractivity contribution in [3.05, 3.63) is 29.8 Å². The van der Waals surface area contributed by atoms with E-state index in [1.807, 2.05) is 6.07 Å². The van der Waals surface area contributed by atoms with Crippen LogP contribution in [-0.4, -0.2) is 11.5 Å². The van der Waals surface area contributed by atoms with Gasteiger partial charge in [-0.05, 0) is 24.3 Å². The number of hydrogen-bond donors (Lipinski definition) is 1. The zero-order chi connectivity index (χ0) is 8.69. The second kappa shape index (κ2) is 5.57. The molecule has 1 N–H and O–H groups in total. The minimum absolute atomic E-state index is 0.189. The van der Waals surface area contributed by atoms with Crippen LogP contribution >= 0.6 is 11.6 Å². The third-order valence-corrected chi connectivity index (χ3v) is 0.996. The van der Waals surface area contributed by atoms with Crippen LogP contribution in [0.25, 0.3) is 0 Å². The maximum Gasteiger partial charge on any atom is 0.115 e. The highest BCUT2D eigenvalue weighted by molar-refractivity contribution is 6.15. The van der Waals surface area contributed by atoms with Crippen LogP contribution in [0.1, 0.15) is 5.56 Å². The second-order valence-electron chi connectivity index (χ2n) is 1.66. The van der Waals surface area contributed by atoms with E-state index in [2.05, 4.69) is 11.6 Å². The van der Waals surface area contributed by atoms with E-state index in [1.54, 1.807) is 12.1 Å². The number of phenolic OH excluding ortho intramolecular Hbond substituents is 1. The fraction of sp³-hybridized carbons (Fsp3) is 0.125. The third-order valence-electron chi connectivity index (χ3n) is 0.996. The molecule has 0 fully saturated rings. The number of aromatic hydroxyl groups is 1. The summed E-state index contributed by atoms with van der Waals surface area (Å²) in [4.78, 5) is 0. The molecular formula is C8H8ClNO. The van der Waals surface area contributed by atoms with E-state index in [-0.39, 0.29) is 5.75 Å². The van der Waals surface area contributed by atoms with Gasteiger partial charge in [0.2, 0.25) is 0 Å². The van der Waals surface area contributed by atoms with Crippen molar-refractivity contribution >= 4 is 11.6 Å². The van der Waals surface area contributed by atoms with Crippen LogP contribution in [0.15, 0.2) is 24.3 Å². The first-order valence-electron chi connectivity index (χ1n) is 2.90. The zero-order valence-corrected chi connectivity index (χ0v) is 6.84. The van der Waals surface area contributed by atoms with Crippen molar-refractivity contribution in [2.75, 3.05) is 6.38 Å². The number of nitrogens with zero attached hydrogens (tertiary/aromatic N) is 1. The molecule has 0 radical (unpaired) electrons. The molecule has 0 amide bonds. The Morgan fingerprint density at radius 3 is 2.09 bits per heavy atom. The van der Waals surface area contributed by atoms with Crippen molar-refractivity contribution in [3.63, 3.8) is 0 Å². The SMILES string of the molecule is CCl.N#Cc1ccc(O)cc1. The van der Waals surface area contributed by atoms with E-state index in [1.165, 1.54) is 18.5 Å². The van der Waals surface area contributed by atoms with E-state index in [0.717, 1.165) is 0 Å². The molecule has 0 saturated carbocycles. The van der Waals surface area contributed by atoms with Gasteiger partial charge in [0.25, 0.3) is 0 Å². The minimum Gasteiger partial charge on any atom is -0.508 e. The molecule has 2 nitrogen and oxygen atoms in total. The zero-order valence-electron chi connectivity index (χ0n) is 6.08. The monoisotopic (exact) mass is 169 g/mol. The molecule has 0 aromatic heterocycles. The van der Waals surface area contributed by atoms with Gasteiger partial charge in [-0.25, -0.2) is 0 Å². The summed E-state index contributed by atoms with van der Waals surface area (Å²) in [5, 5.41) is 17.0. The van der Waals surface area contributed by atoms with E-state index in [4.69, 9.17) is 10.4 Å². The number of benzene rings is 1. The summed E-state index contributed by atoms with van der Waals surface area (Å²) in [6.07, 6.45) is 1.47. The lowest BCUT2D eigenvalue weighted by atomic mass is 10.2. The van der Waals surface area contributed by atoms with Crippen molar-refractivity contribution in [1.82, 2.24) is 0 Å². The molecule has 0 heterocycles. The van der Waals surface area contributed by atoms with E-state index in [9.17, 15) is 0 Å². The highest BCUT2D eigenvalue weighted by atomic mass is 35.5. The van der Waals surface area contributed by atoms with Crippen LogP contribution in [0.4, 0.5) is 0 Å². The van der Waals surface area contributed by atoms with Crippen LogP contribution in [0.3, 0.4) is 0 Å². The predicted octanol–water partition coefficient (Wildman–Crippen LogP) is 2.12. The minimum atomic E-state index is 0.189. The Morgan fingerprint density at radius 1 is 1.27 bits per heavy atom.